The Morgan fingerprint density at radius 1 is 1.41 bits per heavy atom. The molecular weight excluding hydrogens is 283 g/mol. The van der Waals surface area contributed by atoms with Crippen molar-refractivity contribution in [2.75, 3.05) is 0 Å². The van der Waals surface area contributed by atoms with E-state index in [0.717, 1.165) is 23.1 Å². The average Bonchev–Trinajstić information content (AvgIpc) is 2.72. The number of aryl methyl sites for hydroxylation is 1. The second kappa shape index (κ2) is 5.45. The first-order chi connectivity index (χ1) is 8.20. The van der Waals surface area contributed by atoms with Crippen molar-refractivity contribution in [3.63, 3.8) is 0 Å². The lowest BCUT2D eigenvalue weighted by Gasteiger charge is -2.08. The molecule has 0 aliphatic heterocycles. The number of aromatic nitrogens is 2. The number of benzene rings is 1. The Bertz CT molecular complexity index is 508. The second-order valence-corrected chi connectivity index (χ2v) is 4.87. The fourth-order valence-corrected chi connectivity index (χ4v) is 2.19. The third-order valence-electron chi connectivity index (χ3n) is 2.62. The van der Waals surface area contributed by atoms with Crippen LogP contribution < -0.4 is 0 Å². The minimum atomic E-state index is -0.177. The normalized spacial score (nSPS) is 10.8. The fourth-order valence-electron chi connectivity index (χ4n) is 1.78. The zero-order valence-electron chi connectivity index (χ0n) is 9.66. The van der Waals surface area contributed by atoms with Gasteiger partial charge in [-0.25, -0.2) is 9.37 Å². The lowest BCUT2D eigenvalue weighted by Crippen LogP contribution is -2.05. The molecule has 0 unspecified atom stereocenters. The molecule has 0 saturated carbocycles. The summed E-state index contributed by atoms with van der Waals surface area (Å²) in [6.07, 6.45) is 5.62. The van der Waals surface area contributed by atoms with Crippen LogP contribution in [0.5, 0.6) is 0 Å². The van der Waals surface area contributed by atoms with Crippen molar-refractivity contribution >= 4 is 15.9 Å². The van der Waals surface area contributed by atoms with Gasteiger partial charge in [0.25, 0.3) is 0 Å². The summed E-state index contributed by atoms with van der Waals surface area (Å²) in [6.45, 7) is 2.64. The first-order valence-electron chi connectivity index (χ1n) is 5.64. The van der Waals surface area contributed by atoms with Crippen LogP contribution in [0.3, 0.4) is 0 Å². The molecule has 17 heavy (non-hydrogen) atoms. The Labute approximate surface area is 109 Å². The molecule has 90 valence electrons. The zero-order chi connectivity index (χ0) is 12.3. The Kier molecular flexibility index (Phi) is 3.94. The molecule has 0 aliphatic rings. The van der Waals surface area contributed by atoms with Crippen molar-refractivity contribution in [2.24, 2.45) is 0 Å². The van der Waals surface area contributed by atoms with Crippen molar-refractivity contribution in [2.45, 2.75) is 26.3 Å². The van der Waals surface area contributed by atoms with Gasteiger partial charge in [-0.1, -0.05) is 22.9 Å². The van der Waals surface area contributed by atoms with Crippen molar-refractivity contribution in [1.82, 2.24) is 9.55 Å². The van der Waals surface area contributed by atoms with Crippen LogP contribution in [0.25, 0.3) is 0 Å². The minimum absolute atomic E-state index is 0.177. The molecule has 2 nitrogen and oxygen atoms in total. The molecule has 0 aliphatic carbocycles. The van der Waals surface area contributed by atoms with E-state index in [4.69, 9.17) is 0 Å². The molecule has 0 N–H and O–H groups in total. The SMILES string of the molecule is CCCc1nccn1Cc1cc(Br)ccc1F. The molecule has 0 saturated heterocycles. The fraction of sp³-hybridized carbons (Fsp3) is 0.308. The molecule has 4 heteroatoms. The summed E-state index contributed by atoms with van der Waals surface area (Å²) in [7, 11) is 0. The Morgan fingerprint density at radius 2 is 2.24 bits per heavy atom. The summed E-state index contributed by atoms with van der Waals surface area (Å²) < 4.78 is 16.5. The van der Waals surface area contributed by atoms with E-state index >= 15 is 0 Å². The van der Waals surface area contributed by atoms with E-state index in [1.54, 1.807) is 12.3 Å². The summed E-state index contributed by atoms with van der Waals surface area (Å²) in [5.74, 6) is 0.830. The molecule has 1 aromatic carbocycles. The number of hydrogen-bond donors (Lipinski definition) is 0. The maximum Gasteiger partial charge on any atom is 0.128 e. The van der Waals surface area contributed by atoms with E-state index in [1.807, 2.05) is 16.8 Å². The summed E-state index contributed by atoms with van der Waals surface area (Å²) in [6, 6.07) is 5.00. The van der Waals surface area contributed by atoms with Crippen LogP contribution in [-0.2, 0) is 13.0 Å². The Morgan fingerprint density at radius 3 is 3.00 bits per heavy atom. The van der Waals surface area contributed by atoms with Crippen LogP contribution in [0.2, 0.25) is 0 Å². The quantitative estimate of drug-likeness (QED) is 0.839. The van der Waals surface area contributed by atoms with E-state index in [2.05, 4.69) is 27.8 Å². The van der Waals surface area contributed by atoms with Gasteiger partial charge >= 0.3 is 0 Å². The van der Waals surface area contributed by atoms with E-state index in [-0.39, 0.29) is 5.82 Å². The molecule has 0 amide bonds. The molecule has 2 rings (SSSR count). The van der Waals surface area contributed by atoms with E-state index in [1.165, 1.54) is 6.07 Å². The van der Waals surface area contributed by atoms with Gasteiger partial charge in [0.05, 0.1) is 6.54 Å². The van der Waals surface area contributed by atoms with Gasteiger partial charge in [-0.05, 0) is 24.6 Å². The van der Waals surface area contributed by atoms with Crippen molar-refractivity contribution < 1.29 is 4.39 Å². The zero-order valence-corrected chi connectivity index (χ0v) is 11.2. The second-order valence-electron chi connectivity index (χ2n) is 3.96. The number of imidazole rings is 1. The summed E-state index contributed by atoms with van der Waals surface area (Å²) >= 11 is 3.36. The van der Waals surface area contributed by atoms with Crippen LogP contribution in [0.4, 0.5) is 4.39 Å². The van der Waals surface area contributed by atoms with Crippen LogP contribution in [-0.4, -0.2) is 9.55 Å². The van der Waals surface area contributed by atoms with E-state index in [9.17, 15) is 4.39 Å². The maximum absolute atomic E-state index is 13.6. The van der Waals surface area contributed by atoms with Crippen LogP contribution >= 0.6 is 15.9 Å². The molecule has 1 heterocycles. The average molecular weight is 297 g/mol. The molecule has 0 spiro atoms. The molecule has 2 aromatic rings. The lowest BCUT2D eigenvalue weighted by molar-refractivity contribution is 0.592. The van der Waals surface area contributed by atoms with Crippen molar-refractivity contribution in [3.8, 4) is 0 Å². The monoisotopic (exact) mass is 296 g/mol. The molecule has 1 aromatic heterocycles. The standard InChI is InChI=1S/C13H14BrFN2/c1-2-3-13-16-6-7-17(13)9-10-8-11(14)4-5-12(10)15/h4-8H,2-3,9H2,1H3. The number of nitrogens with zero attached hydrogens (tertiary/aromatic N) is 2. The number of hydrogen-bond acceptors (Lipinski definition) is 1. The first-order valence-corrected chi connectivity index (χ1v) is 6.44. The van der Waals surface area contributed by atoms with Gasteiger partial charge in [-0.15, -0.1) is 0 Å². The maximum atomic E-state index is 13.6. The third kappa shape index (κ3) is 2.94. The first kappa shape index (κ1) is 12.3. The number of rotatable bonds is 4. The largest absolute Gasteiger partial charge is 0.330 e. The van der Waals surface area contributed by atoms with E-state index in [0.29, 0.717) is 12.1 Å². The van der Waals surface area contributed by atoms with Gasteiger partial charge in [-0.2, -0.15) is 0 Å². The topological polar surface area (TPSA) is 17.8 Å². The lowest BCUT2D eigenvalue weighted by atomic mass is 10.2. The smallest absolute Gasteiger partial charge is 0.128 e. The van der Waals surface area contributed by atoms with Gasteiger partial charge in [-0.3, -0.25) is 0 Å². The van der Waals surface area contributed by atoms with Gasteiger partial charge in [0.2, 0.25) is 0 Å². The highest BCUT2D eigenvalue weighted by atomic mass is 79.9. The van der Waals surface area contributed by atoms with Crippen LogP contribution in [0, 0.1) is 5.82 Å². The van der Waals surface area contributed by atoms with E-state index < -0.39 is 0 Å². The van der Waals surface area contributed by atoms with Gasteiger partial charge in [0.1, 0.15) is 11.6 Å². The highest BCUT2D eigenvalue weighted by molar-refractivity contribution is 9.10. The molecule has 0 bridgehead atoms. The highest BCUT2D eigenvalue weighted by Crippen LogP contribution is 2.17. The molecule has 0 atom stereocenters. The Hall–Kier alpha value is -1.16. The van der Waals surface area contributed by atoms with Crippen molar-refractivity contribution in [1.29, 1.82) is 0 Å². The van der Waals surface area contributed by atoms with Crippen molar-refractivity contribution in [3.05, 3.63) is 52.3 Å². The minimum Gasteiger partial charge on any atom is -0.330 e. The molecular formula is C13H14BrFN2. The predicted molar refractivity (Wildman–Crippen MR) is 69.4 cm³/mol. The van der Waals surface area contributed by atoms with Gasteiger partial charge in [0.15, 0.2) is 0 Å². The van der Waals surface area contributed by atoms with Gasteiger partial charge in [0, 0.05) is 28.9 Å². The number of halogens is 2. The van der Waals surface area contributed by atoms with Crippen LogP contribution in [0.1, 0.15) is 24.7 Å². The Balaban J connectivity index is 2.25. The summed E-state index contributed by atoms with van der Waals surface area (Å²) in [4.78, 5) is 4.28. The third-order valence-corrected chi connectivity index (χ3v) is 3.12. The predicted octanol–water partition coefficient (Wildman–Crippen LogP) is 3.79. The molecule has 0 fully saturated rings. The van der Waals surface area contributed by atoms with Crippen LogP contribution in [0.15, 0.2) is 35.1 Å². The summed E-state index contributed by atoms with van der Waals surface area (Å²) in [5.41, 5.74) is 0.676. The van der Waals surface area contributed by atoms with Gasteiger partial charge < -0.3 is 4.57 Å². The molecule has 0 radical (unpaired) electrons. The highest BCUT2D eigenvalue weighted by Gasteiger charge is 2.07. The summed E-state index contributed by atoms with van der Waals surface area (Å²) in [5, 5.41) is 0.